The molecule has 0 fully saturated rings. The number of halogens is 1. The fourth-order valence-electron chi connectivity index (χ4n) is 2.94. The van der Waals surface area contributed by atoms with Crippen LogP contribution in [0.2, 0.25) is 0 Å². The Labute approximate surface area is 146 Å². The molecule has 3 rings (SSSR count). The largest absolute Gasteiger partial charge is 0.359 e. The number of unbranched alkanes of at least 4 members (excludes halogenated alkanes) is 1. The number of benzene rings is 1. The Kier molecular flexibility index (Phi) is 4.81. The van der Waals surface area contributed by atoms with Crippen molar-refractivity contribution in [2.75, 3.05) is 18.5 Å². The summed E-state index contributed by atoms with van der Waals surface area (Å²) in [4.78, 5) is 13.7. The van der Waals surface area contributed by atoms with Crippen molar-refractivity contribution in [2.45, 2.75) is 33.6 Å². The van der Waals surface area contributed by atoms with Crippen LogP contribution in [0.25, 0.3) is 21.3 Å². The molecule has 1 aromatic carbocycles. The third-order valence-corrected chi connectivity index (χ3v) is 5.16. The van der Waals surface area contributed by atoms with E-state index in [0.29, 0.717) is 0 Å². The topological polar surface area (TPSA) is 29.0 Å². The molecule has 0 unspecified atom stereocenters. The quantitative estimate of drug-likeness (QED) is 0.625. The van der Waals surface area contributed by atoms with E-state index in [0.717, 1.165) is 52.4 Å². The molecule has 0 radical (unpaired) electrons. The van der Waals surface area contributed by atoms with Crippen molar-refractivity contribution in [3.05, 3.63) is 40.8 Å². The molecule has 24 heavy (non-hydrogen) atoms. The first-order chi connectivity index (χ1) is 11.5. The SMILES string of the molecule is CCCCN(C)c1nc(C)nc2sc(C)c(-c3ccc(F)cc3)c12. The summed E-state index contributed by atoms with van der Waals surface area (Å²) in [5, 5.41) is 1.08. The van der Waals surface area contributed by atoms with Crippen LogP contribution >= 0.6 is 11.3 Å². The van der Waals surface area contributed by atoms with Gasteiger partial charge in [0.1, 0.15) is 22.3 Å². The first-order valence-corrected chi connectivity index (χ1v) is 9.07. The summed E-state index contributed by atoms with van der Waals surface area (Å²) < 4.78 is 13.3. The fraction of sp³-hybridized carbons (Fsp3) is 0.368. The van der Waals surface area contributed by atoms with Crippen molar-refractivity contribution in [3.8, 4) is 11.1 Å². The Morgan fingerprint density at radius 3 is 2.50 bits per heavy atom. The second-order valence-electron chi connectivity index (χ2n) is 6.09. The van der Waals surface area contributed by atoms with Gasteiger partial charge in [-0.25, -0.2) is 14.4 Å². The molecule has 2 aromatic heterocycles. The lowest BCUT2D eigenvalue weighted by Crippen LogP contribution is -2.20. The molecule has 0 aliphatic carbocycles. The minimum Gasteiger partial charge on any atom is -0.359 e. The predicted octanol–water partition coefficient (Wildman–Crippen LogP) is 5.35. The maximum absolute atomic E-state index is 13.3. The highest BCUT2D eigenvalue weighted by Crippen LogP contribution is 2.41. The van der Waals surface area contributed by atoms with Crippen LogP contribution in [0.4, 0.5) is 10.2 Å². The van der Waals surface area contributed by atoms with E-state index >= 15 is 0 Å². The first-order valence-electron chi connectivity index (χ1n) is 8.26. The molecule has 3 nitrogen and oxygen atoms in total. The number of fused-ring (bicyclic) bond motifs is 1. The van der Waals surface area contributed by atoms with Crippen molar-refractivity contribution < 1.29 is 4.39 Å². The zero-order valence-electron chi connectivity index (χ0n) is 14.6. The molecule has 126 valence electrons. The van der Waals surface area contributed by atoms with E-state index in [1.54, 1.807) is 11.3 Å². The highest BCUT2D eigenvalue weighted by molar-refractivity contribution is 7.19. The van der Waals surface area contributed by atoms with E-state index in [9.17, 15) is 4.39 Å². The average molecular weight is 343 g/mol. The van der Waals surface area contributed by atoms with Gasteiger partial charge in [-0.2, -0.15) is 0 Å². The van der Waals surface area contributed by atoms with Gasteiger partial charge in [-0.15, -0.1) is 11.3 Å². The number of rotatable bonds is 5. The van der Waals surface area contributed by atoms with Gasteiger partial charge in [0.25, 0.3) is 0 Å². The van der Waals surface area contributed by atoms with Crippen molar-refractivity contribution in [3.63, 3.8) is 0 Å². The number of aryl methyl sites for hydroxylation is 2. The number of aromatic nitrogens is 2. The number of thiophene rings is 1. The molecule has 5 heteroatoms. The number of anilines is 1. The van der Waals surface area contributed by atoms with Crippen molar-refractivity contribution in [1.29, 1.82) is 0 Å². The summed E-state index contributed by atoms with van der Waals surface area (Å²) in [5.74, 6) is 1.53. The molecule has 0 aliphatic rings. The van der Waals surface area contributed by atoms with Gasteiger partial charge in [-0.3, -0.25) is 0 Å². The molecule has 0 amide bonds. The van der Waals surface area contributed by atoms with Gasteiger partial charge in [-0.1, -0.05) is 25.5 Å². The third kappa shape index (κ3) is 3.13. The lowest BCUT2D eigenvalue weighted by Gasteiger charge is -2.20. The zero-order valence-corrected chi connectivity index (χ0v) is 15.4. The van der Waals surface area contributed by atoms with Crippen molar-refractivity contribution in [1.82, 2.24) is 9.97 Å². The number of hydrogen-bond donors (Lipinski definition) is 0. The summed E-state index contributed by atoms with van der Waals surface area (Å²) in [6, 6.07) is 6.68. The van der Waals surface area contributed by atoms with Gasteiger partial charge >= 0.3 is 0 Å². The molecular weight excluding hydrogens is 321 g/mol. The van der Waals surface area contributed by atoms with E-state index < -0.39 is 0 Å². The lowest BCUT2D eigenvalue weighted by molar-refractivity contribution is 0.628. The van der Waals surface area contributed by atoms with Crippen LogP contribution in [0.1, 0.15) is 30.5 Å². The molecule has 3 aromatic rings. The average Bonchev–Trinajstić information content (AvgIpc) is 2.88. The normalized spacial score (nSPS) is 11.2. The summed E-state index contributed by atoms with van der Waals surface area (Å²) >= 11 is 1.68. The smallest absolute Gasteiger partial charge is 0.141 e. The predicted molar refractivity (Wildman–Crippen MR) is 100 cm³/mol. The summed E-state index contributed by atoms with van der Waals surface area (Å²) in [5.41, 5.74) is 2.13. The summed E-state index contributed by atoms with van der Waals surface area (Å²) in [7, 11) is 2.08. The van der Waals surface area contributed by atoms with Gasteiger partial charge in [0.15, 0.2) is 0 Å². The molecule has 0 N–H and O–H groups in total. The standard InChI is InChI=1S/C19H22FN3S/c1-5-6-11-23(4)18-17-16(14-7-9-15(20)10-8-14)12(2)24-19(17)22-13(3)21-18/h7-10H,5-6,11H2,1-4H3. The zero-order chi connectivity index (χ0) is 17.3. The molecule has 0 bridgehead atoms. The fourth-order valence-corrected chi connectivity index (χ4v) is 4.02. The Morgan fingerprint density at radius 2 is 1.83 bits per heavy atom. The van der Waals surface area contributed by atoms with Crippen molar-refractivity contribution >= 4 is 27.4 Å². The highest BCUT2D eigenvalue weighted by atomic mass is 32.1. The summed E-state index contributed by atoms with van der Waals surface area (Å²) in [6.07, 6.45) is 2.26. The second kappa shape index (κ2) is 6.85. The molecule has 0 saturated heterocycles. The van der Waals surface area contributed by atoms with E-state index in [1.165, 1.54) is 17.0 Å². The van der Waals surface area contributed by atoms with E-state index in [2.05, 4.69) is 30.8 Å². The Morgan fingerprint density at radius 1 is 1.12 bits per heavy atom. The van der Waals surface area contributed by atoms with Crippen LogP contribution < -0.4 is 4.90 Å². The van der Waals surface area contributed by atoms with Crippen LogP contribution in [-0.4, -0.2) is 23.6 Å². The minimum atomic E-state index is -0.219. The molecule has 2 heterocycles. The molecule has 0 atom stereocenters. The maximum Gasteiger partial charge on any atom is 0.141 e. The van der Waals surface area contributed by atoms with Crippen LogP contribution in [0.5, 0.6) is 0 Å². The minimum absolute atomic E-state index is 0.219. The maximum atomic E-state index is 13.3. The third-order valence-electron chi connectivity index (χ3n) is 4.16. The molecule has 0 spiro atoms. The summed E-state index contributed by atoms with van der Waals surface area (Å²) in [6.45, 7) is 7.17. The van der Waals surface area contributed by atoms with Gasteiger partial charge < -0.3 is 4.90 Å². The Balaban J connectivity index is 2.22. The Hall–Kier alpha value is -2.01. The number of nitrogens with zero attached hydrogens (tertiary/aromatic N) is 3. The molecule has 0 aliphatic heterocycles. The lowest BCUT2D eigenvalue weighted by atomic mass is 10.0. The Bertz CT molecular complexity index is 855. The van der Waals surface area contributed by atoms with Gasteiger partial charge in [-0.05, 0) is 38.0 Å². The van der Waals surface area contributed by atoms with Crippen LogP contribution in [0.3, 0.4) is 0 Å². The van der Waals surface area contributed by atoms with E-state index in [-0.39, 0.29) is 5.82 Å². The van der Waals surface area contributed by atoms with Gasteiger partial charge in [0, 0.05) is 24.0 Å². The van der Waals surface area contributed by atoms with Gasteiger partial charge in [0.2, 0.25) is 0 Å². The van der Waals surface area contributed by atoms with E-state index in [1.807, 2.05) is 19.1 Å². The van der Waals surface area contributed by atoms with Gasteiger partial charge in [0.05, 0.1) is 5.39 Å². The number of hydrogen-bond acceptors (Lipinski definition) is 4. The molecule has 0 saturated carbocycles. The highest BCUT2D eigenvalue weighted by Gasteiger charge is 2.19. The van der Waals surface area contributed by atoms with Crippen LogP contribution in [0, 0.1) is 19.7 Å². The second-order valence-corrected chi connectivity index (χ2v) is 7.29. The molecular formula is C19H22FN3S. The van der Waals surface area contributed by atoms with Crippen LogP contribution in [-0.2, 0) is 0 Å². The monoisotopic (exact) mass is 343 g/mol. The van der Waals surface area contributed by atoms with Crippen molar-refractivity contribution in [2.24, 2.45) is 0 Å². The van der Waals surface area contributed by atoms with Crippen LogP contribution in [0.15, 0.2) is 24.3 Å². The van der Waals surface area contributed by atoms with E-state index in [4.69, 9.17) is 4.98 Å². The first kappa shape index (κ1) is 16.8.